The van der Waals surface area contributed by atoms with Gasteiger partial charge < -0.3 is 5.73 Å². The Morgan fingerprint density at radius 2 is 2.25 bits per heavy atom. The highest BCUT2D eigenvalue weighted by Gasteiger charge is 1.95. The molecule has 0 atom stereocenters. The first kappa shape index (κ1) is 9.20. The maximum absolute atomic E-state index is 5.42. The van der Waals surface area contributed by atoms with Crippen molar-refractivity contribution in [3.63, 3.8) is 0 Å². The van der Waals surface area contributed by atoms with Gasteiger partial charge in [0.05, 0.1) is 0 Å². The highest BCUT2D eigenvalue weighted by atomic mass is 14.6. The van der Waals surface area contributed by atoms with E-state index in [0.29, 0.717) is 0 Å². The zero-order chi connectivity index (χ0) is 8.81. The summed E-state index contributed by atoms with van der Waals surface area (Å²) in [6, 6.07) is 2.09. The molecule has 0 aliphatic rings. The molecule has 0 aliphatic carbocycles. The zero-order valence-electron chi connectivity index (χ0n) is 7.59. The van der Waals surface area contributed by atoms with Gasteiger partial charge in [-0.15, -0.1) is 0 Å². The maximum atomic E-state index is 5.42. The molecule has 1 rings (SSSR count). The third kappa shape index (κ3) is 2.62. The van der Waals surface area contributed by atoms with Crippen molar-refractivity contribution < 1.29 is 0 Å². The fourth-order valence-corrected chi connectivity index (χ4v) is 1.24. The molecule has 66 valence electrons. The molecule has 0 amide bonds. The van der Waals surface area contributed by atoms with Gasteiger partial charge in [-0.2, -0.15) is 0 Å². The number of unbranched alkanes of at least 4 members (excludes halogenated alkanes) is 1. The third-order valence-electron chi connectivity index (χ3n) is 2.04. The number of hydrogen-bond acceptors (Lipinski definition) is 2. The summed E-state index contributed by atoms with van der Waals surface area (Å²) in [7, 11) is 0. The third-order valence-corrected chi connectivity index (χ3v) is 2.04. The number of nitrogens with zero attached hydrogens (tertiary/aromatic N) is 1. The van der Waals surface area contributed by atoms with E-state index in [9.17, 15) is 0 Å². The van der Waals surface area contributed by atoms with Crippen LogP contribution in [0, 0.1) is 6.92 Å². The van der Waals surface area contributed by atoms with E-state index in [1.807, 2.05) is 12.4 Å². The number of hydrogen-bond donors (Lipinski definition) is 1. The molecule has 0 spiro atoms. The second kappa shape index (κ2) is 4.88. The van der Waals surface area contributed by atoms with Crippen LogP contribution in [0.1, 0.15) is 24.0 Å². The van der Waals surface area contributed by atoms with E-state index in [2.05, 4.69) is 18.0 Å². The Kier molecular flexibility index (Phi) is 3.74. The van der Waals surface area contributed by atoms with Gasteiger partial charge in [0, 0.05) is 12.4 Å². The molecule has 12 heavy (non-hydrogen) atoms. The fraction of sp³-hybridized carbons (Fsp3) is 0.500. The average Bonchev–Trinajstić information content (AvgIpc) is 2.09. The average molecular weight is 164 g/mol. The van der Waals surface area contributed by atoms with Crippen LogP contribution in [0.25, 0.3) is 0 Å². The lowest BCUT2D eigenvalue weighted by Gasteiger charge is -2.03. The molecule has 1 aromatic rings. The van der Waals surface area contributed by atoms with Crippen molar-refractivity contribution in [2.45, 2.75) is 26.2 Å². The number of aromatic nitrogens is 1. The van der Waals surface area contributed by atoms with E-state index in [1.165, 1.54) is 17.5 Å². The summed E-state index contributed by atoms with van der Waals surface area (Å²) in [4.78, 5) is 4.05. The van der Waals surface area contributed by atoms with Crippen molar-refractivity contribution >= 4 is 0 Å². The lowest BCUT2D eigenvalue weighted by Crippen LogP contribution is -1.99. The van der Waals surface area contributed by atoms with Gasteiger partial charge in [0.1, 0.15) is 0 Å². The summed E-state index contributed by atoms with van der Waals surface area (Å²) >= 11 is 0. The number of rotatable bonds is 4. The Labute approximate surface area is 73.8 Å². The molecular formula is C10H16N2. The van der Waals surface area contributed by atoms with E-state index in [1.54, 1.807) is 0 Å². The van der Waals surface area contributed by atoms with Crippen molar-refractivity contribution in [3.05, 3.63) is 29.6 Å². The van der Waals surface area contributed by atoms with Gasteiger partial charge in [0.15, 0.2) is 0 Å². The van der Waals surface area contributed by atoms with Crippen LogP contribution in [-0.2, 0) is 6.42 Å². The van der Waals surface area contributed by atoms with Crippen LogP contribution in [0.2, 0.25) is 0 Å². The first-order valence-corrected chi connectivity index (χ1v) is 4.44. The van der Waals surface area contributed by atoms with Crippen LogP contribution in [0.4, 0.5) is 0 Å². The molecule has 0 saturated heterocycles. The van der Waals surface area contributed by atoms with E-state index < -0.39 is 0 Å². The minimum absolute atomic E-state index is 0.796. The van der Waals surface area contributed by atoms with E-state index in [-0.39, 0.29) is 0 Å². The molecule has 0 aliphatic heterocycles. The van der Waals surface area contributed by atoms with Crippen molar-refractivity contribution in [1.29, 1.82) is 0 Å². The van der Waals surface area contributed by atoms with Crippen LogP contribution in [-0.4, -0.2) is 11.5 Å². The topological polar surface area (TPSA) is 38.9 Å². The summed E-state index contributed by atoms with van der Waals surface area (Å²) in [6.45, 7) is 2.90. The fourth-order valence-electron chi connectivity index (χ4n) is 1.24. The highest BCUT2D eigenvalue weighted by Crippen LogP contribution is 2.08. The van der Waals surface area contributed by atoms with E-state index >= 15 is 0 Å². The molecule has 0 aromatic carbocycles. The van der Waals surface area contributed by atoms with Gasteiger partial charge in [-0.25, -0.2) is 0 Å². The lowest BCUT2D eigenvalue weighted by atomic mass is 10.1. The molecule has 1 heterocycles. The Morgan fingerprint density at radius 1 is 1.42 bits per heavy atom. The maximum Gasteiger partial charge on any atom is 0.0299 e. The Bertz CT molecular complexity index is 233. The standard InChI is InChI=1S/C10H16N2/c1-9-8-12-7-5-10(9)4-2-3-6-11/h5,7-8H,2-4,6,11H2,1H3. The van der Waals surface area contributed by atoms with Gasteiger partial charge >= 0.3 is 0 Å². The molecule has 2 heteroatoms. The summed E-state index contributed by atoms with van der Waals surface area (Å²) in [6.07, 6.45) is 7.19. The quantitative estimate of drug-likeness (QED) is 0.687. The first-order chi connectivity index (χ1) is 5.84. The summed E-state index contributed by atoms with van der Waals surface area (Å²) in [5.74, 6) is 0. The van der Waals surface area contributed by atoms with Crippen molar-refractivity contribution in [3.8, 4) is 0 Å². The van der Waals surface area contributed by atoms with Gasteiger partial charge in [-0.3, -0.25) is 4.98 Å². The summed E-state index contributed by atoms with van der Waals surface area (Å²) in [5.41, 5.74) is 8.11. The normalized spacial score (nSPS) is 10.2. The number of nitrogens with two attached hydrogens (primary N) is 1. The van der Waals surface area contributed by atoms with Crippen LogP contribution >= 0.6 is 0 Å². The van der Waals surface area contributed by atoms with Crippen LogP contribution in [0.15, 0.2) is 18.5 Å². The minimum Gasteiger partial charge on any atom is -0.330 e. The molecule has 0 bridgehead atoms. The highest BCUT2D eigenvalue weighted by molar-refractivity contribution is 5.21. The molecule has 0 unspecified atom stereocenters. The monoisotopic (exact) mass is 164 g/mol. The molecule has 2 nitrogen and oxygen atoms in total. The SMILES string of the molecule is Cc1cnccc1CCCCN. The van der Waals surface area contributed by atoms with Gasteiger partial charge in [0.25, 0.3) is 0 Å². The molecule has 0 saturated carbocycles. The van der Waals surface area contributed by atoms with Crippen LogP contribution in [0.5, 0.6) is 0 Å². The van der Waals surface area contributed by atoms with Crippen LogP contribution in [0.3, 0.4) is 0 Å². The largest absolute Gasteiger partial charge is 0.330 e. The molecule has 2 N–H and O–H groups in total. The summed E-state index contributed by atoms with van der Waals surface area (Å²) < 4.78 is 0. The van der Waals surface area contributed by atoms with Gasteiger partial charge in [-0.1, -0.05) is 0 Å². The second-order valence-electron chi connectivity index (χ2n) is 3.05. The van der Waals surface area contributed by atoms with Gasteiger partial charge in [-0.05, 0) is 49.9 Å². The van der Waals surface area contributed by atoms with E-state index in [4.69, 9.17) is 5.73 Å². The first-order valence-electron chi connectivity index (χ1n) is 4.44. The van der Waals surface area contributed by atoms with Crippen molar-refractivity contribution in [2.24, 2.45) is 5.73 Å². The number of aryl methyl sites for hydroxylation is 2. The predicted molar refractivity (Wildman–Crippen MR) is 51.0 cm³/mol. The Hall–Kier alpha value is -0.890. The van der Waals surface area contributed by atoms with Crippen LogP contribution < -0.4 is 5.73 Å². The molecule has 0 radical (unpaired) electrons. The van der Waals surface area contributed by atoms with E-state index in [0.717, 1.165) is 19.4 Å². The predicted octanol–water partition coefficient (Wildman–Crippen LogP) is 1.67. The Balaban J connectivity index is 2.46. The summed E-state index contributed by atoms with van der Waals surface area (Å²) in [5, 5.41) is 0. The minimum atomic E-state index is 0.796. The van der Waals surface area contributed by atoms with Gasteiger partial charge in [0.2, 0.25) is 0 Å². The Morgan fingerprint density at radius 3 is 2.92 bits per heavy atom. The smallest absolute Gasteiger partial charge is 0.0299 e. The molecular weight excluding hydrogens is 148 g/mol. The molecule has 1 aromatic heterocycles. The molecule has 0 fully saturated rings. The number of pyridine rings is 1. The van der Waals surface area contributed by atoms with Crippen molar-refractivity contribution in [2.75, 3.05) is 6.54 Å². The lowest BCUT2D eigenvalue weighted by molar-refractivity contribution is 0.741. The second-order valence-corrected chi connectivity index (χ2v) is 3.05. The van der Waals surface area contributed by atoms with Crippen molar-refractivity contribution in [1.82, 2.24) is 4.98 Å². The zero-order valence-corrected chi connectivity index (χ0v) is 7.59.